The van der Waals surface area contributed by atoms with Crippen molar-refractivity contribution in [1.29, 1.82) is 0 Å². The molecule has 0 N–H and O–H groups in total. The summed E-state index contributed by atoms with van der Waals surface area (Å²) in [4.78, 5) is 14.8. The van der Waals surface area contributed by atoms with Gasteiger partial charge in [0.15, 0.2) is 0 Å². The van der Waals surface area contributed by atoms with Crippen molar-refractivity contribution in [1.82, 2.24) is 19.7 Å². The number of aromatic nitrogens is 3. The maximum absolute atomic E-state index is 12.8. The van der Waals surface area contributed by atoms with Gasteiger partial charge in [-0.1, -0.05) is 39.8 Å². The fraction of sp³-hybridized carbons (Fsp3) is 0.526. The summed E-state index contributed by atoms with van der Waals surface area (Å²) in [6.45, 7) is 10.7. The quantitative estimate of drug-likeness (QED) is 0.871. The molecular formula is C19H26N4O. The smallest absolute Gasteiger partial charge is 0.227 e. The normalized spacial score (nSPS) is 19.2. The Morgan fingerprint density at radius 3 is 2.08 bits per heavy atom. The Morgan fingerprint density at radius 1 is 1.00 bits per heavy atom. The highest BCUT2D eigenvalue weighted by molar-refractivity contribution is 5.79. The van der Waals surface area contributed by atoms with E-state index in [-0.39, 0.29) is 16.7 Å². The van der Waals surface area contributed by atoms with Crippen LogP contribution in [0.25, 0.3) is 5.69 Å². The highest BCUT2D eigenvalue weighted by atomic mass is 16.2. The first kappa shape index (κ1) is 16.7. The molecule has 1 aromatic heterocycles. The number of piperidine rings is 1. The van der Waals surface area contributed by atoms with E-state index in [1.54, 1.807) is 12.7 Å². The van der Waals surface area contributed by atoms with Crippen LogP contribution in [0.1, 0.15) is 39.7 Å². The second-order valence-electron chi connectivity index (χ2n) is 8.47. The van der Waals surface area contributed by atoms with E-state index in [2.05, 4.69) is 37.9 Å². The second-order valence-corrected chi connectivity index (χ2v) is 8.47. The molecule has 0 unspecified atom stereocenters. The van der Waals surface area contributed by atoms with E-state index in [4.69, 9.17) is 0 Å². The summed E-state index contributed by atoms with van der Waals surface area (Å²) in [6, 6.07) is 8.01. The van der Waals surface area contributed by atoms with E-state index in [9.17, 15) is 4.79 Å². The van der Waals surface area contributed by atoms with E-state index in [0.29, 0.717) is 6.42 Å². The number of hydrogen-bond acceptors (Lipinski definition) is 3. The Bertz CT molecular complexity index is 685. The van der Waals surface area contributed by atoms with Gasteiger partial charge in [0.25, 0.3) is 0 Å². The molecule has 1 fully saturated rings. The number of carbonyl (C=O) groups is 1. The SMILES string of the molecule is CC1(C)CN(C(=O)Cc2ccc(-n3cnnc3)cc2)CC(C)(C)C1. The number of likely N-dealkylation sites (tertiary alicyclic amines) is 1. The van der Waals surface area contributed by atoms with Crippen LogP contribution in [0.15, 0.2) is 36.9 Å². The molecule has 128 valence electrons. The predicted molar refractivity (Wildman–Crippen MR) is 93.8 cm³/mol. The van der Waals surface area contributed by atoms with Gasteiger partial charge in [0.1, 0.15) is 12.7 Å². The molecular weight excluding hydrogens is 300 g/mol. The zero-order chi connectivity index (χ0) is 17.4. The molecule has 1 aliphatic rings. The van der Waals surface area contributed by atoms with Crippen LogP contribution in [0, 0.1) is 10.8 Å². The molecule has 0 saturated carbocycles. The zero-order valence-electron chi connectivity index (χ0n) is 15.0. The van der Waals surface area contributed by atoms with Crippen molar-refractivity contribution in [2.75, 3.05) is 13.1 Å². The third kappa shape index (κ3) is 3.83. The zero-order valence-corrected chi connectivity index (χ0v) is 15.0. The van der Waals surface area contributed by atoms with E-state index in [1.165, 1.54) is 0 Å². The number of carbonyl (C=O) groups excluding carboxylic acids is 1. The molecule has 5 nitrogen and oxygen atoms in total. The van der Waals surface area contributed by atoms with Crippen molar-refractivity contribution < 1.29 is 4.79 Å². The highest BCUT2D eigenvalue weighted by Gasteiger charge is 2.38. The van der Waals surface area contributed by atoms with Gasteiger partial charge in [-0.05, 0) is 34.9 Å². The molecule has 2 heterocycles. The van der Waals surface area contributed by atoms with Gasteiger partial charge in [-0.25, -0.2) is 0 Å². The summed E-state index contributed by atoms with van der Waals surface area (Å²) in [5.41, 5.74) is 2.39. The lowest BCUT2D eigenvalue weighted by atomic mass is 9.71. The second kappa shape index (κ2) is 6.04. The van der Waals surface area contributed by atoms with Gasteiger partial charge >= 0.3 is 0 Å². The Balaban J connectivity index is 1.68. The molecule has 1 aromatic carbocycles. The third-order valence-corrected chi connectivity index (χ3v) is 4.56. The van der Waals surface area contributed by atoms with Gasteiger partial charge in [-0.3, -0.25) is 9.36 Å². The van der Waals surface area contributed by atoms with Gasteiger partial charge in [0, 0.05) is 18.8 Å². The van der Waals surface area contributed by atoms with Crippen LogP contribution in [-0.4, -0.2) is 38.7 Å². The Hall–Kier alpha value is -2.17. The molecule has 5 heteroatoms. The van der Waals surface area contributed by atoms with Crippen LogP contribution in [0.5, 0.6) is 0 Å². The minimum Gasteiger partial charge on any atom is -0.341 e. The van der Waals surface area contributed by atoms with E-state index < -0.39 is 0 Å². The summed E-state index contributed by atoms with van der Waals surface area (Å²) in [7, 11) is 0. The van der Waals surface area contributed by atoms with Crippen molar-refractivity contribution in [2.45, 2.75) is 40.5 Å². The molecule has 2 aromatic rings. The fourth-order valence-electron chi connectivity index (χ4n) is 4.08. The van der Waals surface area contributed by atoms with Crippen molar-refractivity contribution >= 4 is 5.91 Å². The maximum atomic E-state index is 12.8. The number of nitrogens with zero attached hydrogens (tertiary/aromatic N) is 4. The Labute approximate surface area is 143 Å². The highest BCUT2D eigenvalue weighted by Crippen LogP contribution is 2.39. The molecule has 0 bridgehead atoms. The fourth-order valence-corrected chi connectivity index (χ4v) is 4.08. The van der Waals surface area contributed by atoms with Crippen LogP contribution in [0.4, 0.5) is 0 Å². The van der Waals surface area contributed by atoms with E-state index in [0.717, 1.165) is 30.8 Å². The predicted octanol–water partition coefficient (Wildman–Crippen LogP) is 3.09. The molecule has 1 saturated heterocycles. The minimum absolute atomic E-state index is 0.176. The van der Waals surface area contributed by atoms with Crippen molar-refractivity contribution in [3.05, 3.63) is 42.5 Å². The van der Waals surface area contributed by atoms with Crippen LogP contribution in [0.2, 0.25) is 0 Å². The monoisotopic (exact) mass is 326 g/mol. The molecule has 0 spiro atoms. The van der Waals surface area contributed by atoms with E-state index >= 15 is 0 Å². The lowest BCUT2D eigenvalue weighted by Gasteiger charge is -2.47. The first-order valence-corrected chi connectivity index (χ1v) is 8.46. The first-order valence-electron chi connectivity index (χ1n) is 8.46. The minimum atomic E-state index is 0.176. The van der Waals surface area contributed by atoms with Gasteiger partial charge in [-0.15, -0.1) is 10.2 Å². The summed E-state index contributed by atoms with van der Waals surface area (Å²) in [5, 5.41) is 7.62. The largest absolute Gasteiger partial charge is 0.341 e. The molecule has 1 amide bonds. The third-order valence-electron chi connectivity index (χ3n) is 4.56. The molecule has 3 rings (SSSR count). The van der Waals surface area contributed by atoms with Crippen LogP contribution >= 0.6 is 0 Å². The van der Waals surface area contributed by atoms with Gasteiger partial charge in [0.2, 0.25) is 5.91 Å². The van der Waals surface area contributed by atoms with Crippen LogP contribution in [-0.2, 0) is 11.2 Å². The number of hydrogen-bond donors (Lipinski definition) is 0. The first-order chi connectivity index (χ1) is 11.2. The van der Waals surface area contributed by atoms with Crippen molar-refractivity contribution in [2.24, 2.45) is 10.8 Å². The van der Waals surface area contributed by atoms with Crippen LogP contribution < -0.4 is 0 Å². The van der Waals surface area contributed by atoms with Gasteiger partial charge in [0.05, 0.1) is 6.42 Å². The average Bonchev–Trinajstić information content (AvgIpc) is 2.99. The molecule has 24 heavy (non-hydrogen) atoms. The summed E-state index contributed by atoms with van der Waals surface area (Å²) < 4.78 is 1.85. The Morgan fingerprint density at radius 2 is 1.54 bits per heavy atom. The summed E-state index contributed by atoms with van der Waals surface area (Å²) in [5.74, 6) is 0.216. The molecule has 1 aliphatic heterocycles. The summed E-state index contributed by atoms with van der Waals surface area (Å²) in [6.07, 6.45) is 4.93. The number of benzene rings is 1. The van der Waals surface area contributed by atoms with Crippen LogP contribution in [0.3, 0.4) is 0 Å². The molecule has 0 radical (unpaired) electrons. The molecule has 0 aliphatic carbocycles. The van der Waals surface area contributed by atoms with Gasteiger partial charge < -0.3 is 4.90 Å². The lowest BCUT2D eigenvalue weighted by Crippen LogP contribution is -2.51. The van der Waals surface area contributed by atoms with Crippen molar-refractivity contribution in [3.63, 3.8) is 0 Å². The van der Waals surface area contributed by atoms with Crippen molar-refractivity contribution in [3.8, 4) is 5.69 Å². The summed E-state index contributed by atoms with van der Waals surface area (Å²) >= 11 is 0. The molecule has 0 atom stereocenters. The standard InChI is InChI=1S/C19H26N4O/c1-18(2)10-19(3,4)12-22(11-18)17(24)9-15-5-7-16(8-6-15)23-13-20-21-14-23/h5-8,13-14H,9-12H2,1-4H3. The van der Waals surface area contributed by atoms with Gasteiger partial charge in [-0.2, -0.15) is 0 Å². The lowest BCUT2D eigenvalue weighted by molar-refractivity contribution is -0.137. The number of amides is 1. The van der Waals surface area contributed by atoms with E-state index in [1.807, 2.05) is 33.7 Å². The topological polar surface area (TPSA) is 51.0 Å². The average molecular weight is 326 g/mol. The Kier molecular flexibility index (Phi) is 4.20. The maximum Gasteiger partial charge on any atom is 0.227 e. The number of rotatable bonds is 3.